The monoisotopic (exact) mass is 498 g/mol. The maximum absolute atomic E-state index is 13.1. The summed E-state index contributed by atoms with van der Waals surface area (Å²) < 4.78 is 26.8. The molecule has 9 heteroatoms. The van der Waals surface area contributed by atoms with E-state index in [2.05, 4.69) is 20.3 Å². The van der Waals surface area contributed by atoms with Gasteiger partial charge in [-0.1, -0.05) is 56.3 Å². The molecule has 1 heterocycles. The van der Waals surface area contributed by atoms with Gasteiger partial charge in [0.15, 0.2) is 0 Å². The maximum atomic E-state index is 13.1. The number of hydrogen-bond acceptors (Lipinski definition) is 4. The number of nitrogens with one attached hydrogen (secondary N) is 4. The van der Waals surface area contributed by atoms with Crippen molar-refractivity contribution in [1.82, 2.24) is 20.3 Å². The predicted octanol–water partition coefficient (Wildman–Crippen LogP) is 3.00. The summed E-state index contributed by atoms with van der Waals surface area (Å²) in [4.78, 5) is 28.7. The molecule has 0 aliphatic rings. The van der Waals surface area contributed by atoms with Crippen LogP contribution >= 0.6 is 0 Å². The van der Waals surface area contributed by atoms with Gasteiger partial charge in [-0.25, -0.2) is 13.1 Å². The van der Waals surface area contributed by atoms with Crippen LogP contribution in [0.4, 0.5) is 0 Å². The molecule has 3 rings (SSSR count). The fraction of sp³-hybridized carbons (Fsp3) is 0.385. The van der Waals surface area contributed by atoms with Crippen molar-refractivity contribution >= 4 is 32.7 Å². The number of hydrogen-bond donors (Lipinski definition) is 4. The Hall–Kier alpha value is -3.17. The first kappa shape index (κ1) is 26.4. The van der Waals surface area contributed by atoms with Crippen LogP contribution in [0.15, 0.2) is 54.7 Å². The summed E-state index contributed by atoms with van der Waals surface area (Å²) in [5.74, 6) is -0.823. The van der Waals surface area contributed by atoms with Crippen molar-refractivity contribution in [2.45, 2.75) is 58.5 Å². The number of carbonyl (C=O) groups is 2. The van der Waals surface area contributed by atoms with E-state index < -0.39 is 16.1 Å². The molecule has 3 aromatic rings. The Bertz CT molecular complexity index is 1260. The van der Waals surface area contributed by atoms with E-state index in [-0.39, 0.29) is 36.1 Å². The molecule has 1 aromatic heterocycles. The highest BCUT2D eigenvalue weighted by molar-refractivity contribution is 7.88. The fourth-order valence-electron chi connectivity index (χ4n) is 3.75. The molecular weight excluding hydrogens is 464 g/mol. The number of benzene rings is 2. The summed E-state index contributed by atoms with van der Waals surface area (Å²) in [5, 5.41) is 6.79. The van der Waals surface area contributed by atoms with Crippen LogP contribution in [-0.4, -0.2) is 37.3 Å². The maximum Gasteiger partial charge on any atom is 0.243 e. The molecule has 0 spiro atoms. The molecule has 0 bridgehead atoms. The topological polar surface area (TPSA) is 120 Å². The molecule has 2 amide bonds. The number of sulfonamides is 1. The van der Waals surface area contributed by atoms with E-state index >= 15 is 0 Å². The second kappa shape index (κ2) is 11.5. The number of H-pyrrole nitrogens is 1. The third-order valence-electron chi connectivity index (χ3n) is 5.52. The molecule has 35 heavy (non-hydrogen) atoms. The van der Waals surface area contributed by atoms with Crippen LogP contribution in [-0.2, 0) is 38.3 Å². The number of aromatic nitrogens is 1. The zero-order chi connectivity index (χ0) is 25.6. The van der Waals surface area contributed by atoms with Gasteiger partial charge >= 0.3 is 0 Å². The van der Waals surface area contributed by atoms with Crippen LogP contribution < -0.4 is 15.4 Å². The highest BCUT2D eigenvalue weighted by atomic mass is 32.2. The van der Waals surface area contributed by atoms with Gasteiger partial charge in [0.2, 0.25) is 21.8 Å². The predicted molar refractivity (Wildman–Crippen MR) is 138 cm³/mol. The number of para-hydroxylation sites is 1. The third-order valence-corrected chi connectivity index (χ3v) is 7.06. The molecule has 0 aliphatic carbocycles. The van der Waals surface area contributed by atoms with E-state index in [1.807, 2.05) is 30.5 Å². The lowest BCUT2D eigenvalue weighted by molar-refractivity contribution is -0.130. The first-order chi connectivity index (χ1) is 16.5. The third kappa shape index (κ3) is 7.66. The number of aromatic amines is 1. The number of amides is 2. The Morgan fingerprint density at radius 1 is 0.914 bits per heavy atom. The average Bonchev–Trinajstić information content (AvgIpc) is 3.19. The molecule has 8 nitrogen and oxygen atoms in total. The van der Waals surface area contributed by atoms with Crippen molar-refractivity contribution in [3.05, 3.63) is 71.4 Å². The minimum Gasteiger partial charge on any atom is -0.361 e. The Morgan fingerprint density at radius 2 is 1.57 bits per heavy atom. The molecule has 0 saturated carbocycles. The van der Waals surface area contributed by atoms with E-state index in [0.717, 1.165) is 22.0 Å². The first-order valence-corrected chi connectivity index (χ1v) is 13.4. The van der Waals surface area contributed by atoms with E-state index in [4.69, 9.17) is 0 Å². The minimum atomic E-state index is -3.41. The van der Waals surface area contributed by atoms with Crippen LogP contribution in [0.1, 0.15) is 44.4 Å². The van der Waals surface area contributed by atoms with Crippen LogP contribution in [0.2, 0.25) is 0 Å². The van der Waals surface area contributed by atoms with Crippen molar-refractivity contribution < 1.29 is 18.0 Å². The smallest absolute Gasteiger partial charge is 0.243 e. The molecule has 0 aliphatic heterocycles. The molecule has 0 fully saturated rings. The van der Waals surface area contributed by atoms with Gasteiger partial charge < -0.3 is 15.6 Å². The Labute approximate surface area is 206 Å². The van der Waals surface area contributed by atoms with Crippen molar-refractivity contribution in [1.29, 1.82) is 0 Å². The van der Waals surface area contributed by atoms with Gasteiger partial charge in [0.25, 0.3) is 0 Å². The second-order valence-electron chi connectivity index (χ2n) is 9.35. The summed E-state index contributed by atoms with van der Waals surface area (Å²) in [6, 6.07) is 14.0. The molecular formula is C26H34N4O4S. The quantitative estimate of drug-likeness (QED) is 0.325. The Morgan fingerprint density at radius 3 is 2.23 bits per heavy atom. The fourth-order valence-corrected chi connectivity index (χ4v) is 5.19. The first-order valence-electron chi connectivity index (χ1n) is 11.7. The summed E-state index contributed by atoms with van der Waals surface area (Å²) in [5.41, 5.74) is 3.42. The molecule has 1 unspecified atom stereocenters. The highest BCUT2D eigenvalue weighted by Gasteiger charge is 2.23. The summed E-state index contributed by atoms with van der Waals surface area (Å²) in [6.07, 6.45) is 2.22. The van der Waals surface area contributed by atoms with E-state index in [1.54, 1.807) is 52.0 Å². The molecule has 0 saturated heterocycles. The average molecular weight is 499 g/mol. The largest absolute Gasteiger partial charge is 0.361 e. The lowest BCUT2D eigenvalue weighted by Gasteiger charge is -2.20. The van der Waals surface area contributed by atoms with Gasteiger partial charge in [-0.3, -0.25) is 9.59 Å². The van der Waals surface area contributed by atoms with Crippen molar-refractivity contribution in [3.63, 3.8) is 0 Å². The molecule has 1 atom stereocenters. The normalized spacial score (nSPS) is 12.7. The summed E-state index contributed by atoms with van der Waals surface area (Å²) >= 11 is 0. The van der Waals surface area contributed by atoms with Gasteiger partial charge in [0.1, 0.15) is 6.04 Å². The Kier molecular flexibility index (Phi) is 8.69. The van der Waals surface area contributed by atoms with Gasteiger partial charge in [0, 0.05) is 42.0 Å². The number of fused-ring (bicyclic) bond motifs is 1. The molecule has 0 radical (unpaired) electrons. The zero-order valence-corrected chi connectivity index (χ0v) is 21.4. The minimum absolute atomic E-state index is 0.105. The van der Waals surface area contributed by atoms with Crippen LogP contribution in [0, 0.1) is 5.92 Å². The van der Waals surface area contributed by atoms with E-state index in [1.165, 1.54) is 0 Å². The zero-order valence-electron chi connectivity index (χ0n) is 20.6. The molecule has 188 valence electrons. The van der Waals surface area contributed by atoms with E-state index in [0.29, 0.717) is 12.0 Å². The molecule has 4 N–H and O–H groups in total. The van der Waals surface area contributed by atoms with E-state index in [9.17, 15) is 18.0 Å². The lowest BCUT2D eigenvalue weighted by Crippen LogP contribution is -2.48. The SMILES string of the molecule is CC(C)NS(=O)(=O)Cc1ccc(CNC(=O)C(Cc2c[nH]c3ccccc23)NC(=O)C(C)C)cc1. The number of rotatable bonds is 11. The van der Waals surface area contributed by atoms with Crippen LogP contribution in [0.5, 0.6) is 0 Å². The lowest BCUT2D eigenvalue weighted by atomic mass is 10.0. The van der Waals surface area contributed by atoms with Crippen molar-refractivity contribution in [2.24, 2.45) is 5.92 Å². The second-order valence-corrected chi connectivity index (χ2v) is 11.1. The van der Waals surface area contributed by atoms with Crippen LogP contribution in [0.3, 0.4) is 0 Å². The van der Waals surface area contributed by atoms with Crippen molar-refractivity contribution in [2.75, 3.05) is 0 Å². The van der Waals surface area contributed by atoms with Crippen molar-refractivity contribution in [3.8, 4) is 0 Å². The van der Waals surface area contributed by atoms with Gasteiger partial charge in [-0.05, 0) is 36.6 Å². The Balaban J connectivity index is 1.66. The summed E-state index contributed by atoms with van der Waals surface area (Å²) in [6.45, 7) is 7.39. The van der Waals surface area contributed by atoms with Gasteiger partial charge in [-0.2, -0.15) is 0 Å². The van der Waals surface area contributed by atoms with Gasteiger partial charge in [-0.15, -0.1) is 0 Å². The van der Waals surface area contributed by atoms with Crippen LogP contribution in [0.25, 0.3) is 10.9 Å². The standard InChI is InChI=1S/C26H34N4O4S/c1-17(2)25(31)29-24(13-21-15-27-23-8-6-5-7-22(21)23)26(32)28-14-19-9-11-20(12-10-19)16-35(33,34)30-18(3)4/h5-12,15,17-18,24,27,30H,13-14,16H2,1-4H3,(H,28,32)(H,29,31). The number of carbonyl (C=O) groups excluding carboxylic acids is 2. The molecule has 2 aromatic carbocycles. The van der Waals surface area contributed by atoms with Gasteiger partial charge in [0.05, 0.1) is 5.75 Å². The highest BCUT2D eigenvalue weighted by Crippen LogP contribution is 2.19. The summed E-state index contributed by atoms with van der Waals surface area (Å²) in [7, 11) is -3.41.